The van der Waals surface area contributed by atoms with Crippen LogP contribution in [0.4, 0.5) is 0 Å². The summed E-state index contributed by atoms with van der Waals surface area (Å²) in [7, 11) is 11.7. The molecular weight excluding hydrogens is 241 g/mol. The fourth-order valence-corrected chi connectivity index (χ4v) is 1.07. The van der Waals surface area contributed by atoms with Crippen molar-refractivity contribution in [2.45, 2.75) is 0 Å². The first-order chi connectivity index (χ1) is 5.00. The topological polar surface area (TPSA) is 23.6 Å². The zero-order valence-electron chi connectivity index (χ0n) is 9.87. The average Bonchev–Trinajstić information content (AvgIpc) is 1.85. The van der Waals surface area contributed by atoms with Gasteiger partial charge in [0.25, 0.3) is 0 Å². The Morgan fingerprint density at radius 2 is 1.38 bits per heavy atom. The molecule has 0 spiro atoms. The van der Waals surface area contributed by atoms with Gasteiger partial charge in [0.15, 0.2) is 0 Å². The second kappa shape index (κ2) is 8.76. The van der Waals surface area contributed by atoms with Gasteiger partial charge in [-0.25, -0.2) is 0 Å². The summed E-state index contributed by atoms with van der Waals surface area (Å²) in [6.07, 6.45) is 0. The molecule has 0 saturated heterocycles. The second-order valence-electron chi connectivity index (χ2n) is 2.81. The Hall–Kier alpha value is 0.174. The first kappa shape index (κ1) is 18.9. The minimum absolute atomic E-state index is 0. The van der Waals surface area contributed by atoms with Crippen LogP contribution in [0.5, 0.6) is 0 Å². The van der Waals surface area contributed by atoms with Crippen LogP contribution in [0.1, 0.15) is 0 Å². The predicted molar refractivity (Wildman–Crippen MR) is 54.3 cm³/mol. The van der Waals surface area contributed by atoms with E-state index in [4.69, 9.17) is 0 Å². The zero-order chi connectivity index (χ0) is 9.02. The molecule has 1 radical (unpaired) electrons. The van der Waals surface area contributed by atoms with Crippen LogP contribution in [0.2, 0.25) is 0 Å². The van der Waals surface area contributed by atoms with E-state index in [2.05, 4.69) is 5.43 Å². The molecule has 0 bridgehead atoms. The molecule has 0 aromatic heterocycles. The number of nitrogens with zero attached hydrogens (tertiary/aromatic N) is 4. The van der Waals surface area contributed by atoms with Crippen LogP contribution in [-0.2, 0) is 32.7 Å². The molecule has 0 N–H and O–H groups in total. The van der Waals surface area contributed by atoms with Crippen LogP contribution in [0, 0.1) is 7.43 Å². The summed E-state index contributed by atoms with van der Waals surface area (Å²) in [6.45, 7) is 0. The van der Waals surface area contributed by atoms with Gasteiger partial charge in [-0.1, -0.05) is 0 Å². The van der Waals surface area contributed by atoms with E-state index in [0.29, 0.717) is 0 Å². The van der Waals surface area contributed by atoms with Gasteiger partial charge in [-0.2, -0.15) is 0 Å². The molecule has 0 aliphatic heterocycles. The third-order valence-corrected chi connectivity index (χ3v) is 1.39. The molecule has 0 aliphatic rings. The first-order valence-corrected chi connectivity index (χ1v) is 3.55. The second-order valence-corrected chi connectivity index (χ2v) is 2.81. The normalized spacial score (nSPS) is 7.54. The molecule has 0 aliphatic carbocycles. The van der Waals surface area contributed by atoms with Crippen molar-refractivity contribution in [3.05, 3.63) is 12.9 Å². The van der Waals surface area contributed by atoms with Crippen molar-refractivity contribution in [1.29, 1.82) is 0 Å². The maximum absolute atomic E-state index is 4.04. The summed E-state index contributed by atoms with van der Waals surface area (Å²) >= 11 is 0. The van der Waals surface area contributed by atoms with Crippen LogP contribution >= 0.6 is 0 Å². The van der Waals surface area contributed by atoms with Gasteiger partial charge in [0.05, 0.1) is 28.2 Å². The Kier molecular flexibility index (Phi) is 12.7. The van der Waals surface area contributed by atoms with Crippen molar-refractivity contribution in [3.63, 3.8) is 0 Å². The van der Waals surface area contributed by atoms with Crippen LogP contribution in [0.15, 0.2) is 0 Å². The minimum atomic E-state index is 0. The van der Waals surface area contributed by atoms with E-state index in [9.17, 15) is 0 Å². The van der Waals surface area contributed by atoms with E-state index in [0.717, 1.165) is 5.96 Å². The molecule has 0 aromatic carbocycles. The van der Waals surface area contributed by atoms with Crippen molar-refractivity contribution >= 4 is 5.96 Å². The molecule has 5 heteroatoms. The van der Waals surface area contributed by atoms with Gasteiger partial charge in [-0.3, -0.25) is 9.80 Å². The van der Waals surface area contributed by atoms with E-state index < -0.39 is 0 Å². The quantitative estimate of drug-likeness (QED) is 0.225. The van der Waals surface area contributed by atoms with Gasteiger partial charge < -0.3 is 17.5 Å². The molecule has 77 valence electrons. The Labute approximate surface area is 108 Å². The van der Waals surface area contributed by atoms with E-state index in [1.54, 1.807) is 7.05 Å². The largest absolute Gasteiger partial charge is 0.557 e. The van der Waals surface area contributed by atoms with Crippen LogP contribution in [-0.4, -0.2) is 62.7 Å². The Morgan fingerprint density at radius 1 is 1.08 bits per heavy atom. The van der Waals surface area contributed by atoms with Crippen LogP contribution < -0.4 is 0 Å². The zero-order valence-corrected chi connectivity index (χ0v) is 12.7. The van der Waals surface area contributed by atoms with Crippen molar-refractivity contribution in [2.75, 3.05) is 42.3 Å². The van der Waals surface area contributed by atoms with Gasteiger partial charge in [-0.05, 0) is 0 Å². The van der Waals surface area contributed by atoms with Gasteiger partial charge in [-0.15, -0.1) is 7.05 Å². The third kappa shape index (κ3) is 6.27. The molecular formula is C8H21N4Y-. The number of hydrogen-bond donors (Lipinski definition) is 0. The number of guanidine groups is 1. The molecule has 0 heterocycles. The monoisotopic (exact) mass is 262 g/mol. The summed E-state index contributed by atoms with van der Waals surface area (Å²) in [5.41, 5.74) is 4.04. The Balaban J connectivity index is -0.000000500. The summed E-state index contributed by atoms with van der Waals surface area (Å²) in [5.74, 6) is 1.06. The van der Waals surface area contributed by atoms with E-state index in [1.165, 1.54) is 0 Å². The minimum Gasteiger partial charge on any atom is -0.557 e. The standard InChI is InChI=1S/C7H18N4.CH3.Y/c1-8-11(6)7(9(2)3)10(4)5;;/h1-6H3;1H3;/q;-1;. The summed E-state index contributed by atoms with van der Waals surface area (Å²) in [5, 5.41) is 0. The smallest absolute Gasteiger partial charge is 0.338 e. The molecule has 0 atom stereocenters. The predicted octanol–water partition coefficient (Wildman–Crippen LogP) is 0.474. The Morgan fingerprint density at radius 3 is 1.46 bits per heavy atom. The summed E-state index contributed by atoms with van der Waals surface area (Å²) in [4.78, 5) is 4.04. The van der Waals surface area contributed by atoms with E-state index in [1.807, 2.05) is 49.7 Å². The fraction of sp³-hybridized carbons (Fsp3) is 0.750. The van der Waals surface area contributed by atoms with E-state index >= 15 is 0 Å². The van der Waals surface area contributed by atoms with Crippen LogP contribution in [0.25, 0.3) is 5.43 Å². The van der Waals surface area contributed by atoms with Gasteiger partial charge in [0, 0.05) is 39.8 Å². The molecule has 0 fully saturated rings. The van der Waals surface area contributed by atoms with Crippen LogP contribution in [0.3, 0.4) is 0 Å². The summed E-state index contributed by atoms with van der Waals surface area (Å²) in [6, 6.07) is 0. The molecule has 13 heavy (non-hydrogen) atoms. The maximum Gasteiger partial charge on any atom is 0.338 e. The Bertz CT molecular complexity index is 144. The molecule has 0 aromatic rings. The number of rotatable bonds is 1. The SMILES string of the molecule is C[N-][N+](C)=C(N(C)C)N(C)C.[CH3-].[Y]. The average molecular weight is 262 g/mol. The van der Waals surface area contributed by atoms with Crippen molar-refractivity contribution in [3.8, 4) is 0 Å². The third-order valence-electron chi connectivity index (χ3n) is 1.39. The fourth-order valence-electron chi connectivity index (χ4n) is 1.07. The van der Waals surface area contributed by atoms with Crippen molar-refractivity contribution in [1.82, 2.24) is 9.80 Å². The van der Waals surface area contributed by atoms with Gasteiger partial charge in [0.2, 0.25) is 0 Å². The van der Waals surface area contributed by atoms with Crippen molar-refractivity contribution in [2.24, 2.45) is 0 Å². The van der Waals surface area contributed by atoms with E-state index in [-0.39, 0.29) is 40.1 Å². The van der Waals surface area contributed by atoms with Gasteiger partial charge >= 0.3 is 5.96 Å². The molecule has 0 unspecified atom stereocenters. The maximum atomic E-state index is 4.04. The van der Waals surface area contributed by atoms with Crippen molar-refractivity contribution < 1.29 is 37.4 Å². The number of hydrogen-bond acceptors (Lipinski definition) is 0. The molecule has 4 nitrogen and oxygen atoms in total. The summed E-state index contributed by atoms with van der Waals surface area (Å²) < 4.78 is 1.83. The molecule has 0 saturated carbocycles. The van der Waals surface area contributed by atoms with Gasteiger partial charge in [0.1, 0.15) is 0 Å². The molecule has 0 amide bonds. The molecule has 0 rings (SSSR count). The first-order valence-electron chi connectivity index (χ1n) is 3.55.